The summed E-state index contributed by atoms with van der Waals surface area (Å²) in [5, 5.41) is 11.8. The van der Waals surface area contributed by atoms with E-state index in [2.05, 4.69) is 208 Å². The number of benzene rings is 10. The lowest BCUT2D eigenvalue weighted by Crippen LogP contribution is -2.38. The first kappa shape index (κ1) is 33.4. The number of para-hydroxylation sites is 1. The Labute approximate surface area is 339 Å². The maximum absolute atomic E-state index is 7.18. The van der Waals surface area contributed by atoms with Crippen LogP contribution >= 0.6 is 0 Å². The molecule has 11 aromatic rings. The van der Waals surface area contributed by atoms with Crippen LogP contribution in [0.15, 0.2) is 192 Å². The van der Waals surface area contributed by atoms with Gasteiger partial charge in [0.1, 0.15) is 11.2 Å². The van der Waals surface area contributed by atoms with Gasteiger partial charge in [0.15, 0.2) is 0 Å². The Bertz CT molecular complexity index is 3370. The van der Waals surface area contributed by atoms with Crippen LogP contribution in [0.1, 0.15) is 22.3 Å². The van der Waals surface area contributed by atoms with Gasteiger partial charge < -0.3 is 4.42 Å². The second kappa shape index (κ2) is 12.1. The quantitative estimate of drug-likeness (QED) is 0.126. The lowest BCUT2D eigenvalue weighted by molar-refractivity contribution is 0.669. The highest BCUT2D eigenvalue weighted by molar-refractivity contribution is 6.90. The first-order chi connectivity index (χ1) is 28.4. The van der Waals surface area contributed by atoms with Crippen LogP contribution in [-0.4, -0.2) is 8.07 Å². The molecule has 0 radical (unpaired) electrons. The lowest BCUT2D eigenvalue weighted by atomic mass is 9.67. The first-order valence-corrected chi connectivity index (χ1v) is 23.9. The molecule has 0 spiro atoms. The van der Waals surface area contributed by atoms with E-state index in [1.807, 2.05) is 0 Å². The molecular weight excluding hydrogens is 717 g/mol. The van der Waals surface area contributed by atoms with Gasteiger partial charge in [0.25, 0.3) is 0 Å². The van der Waals surface area contributed by atoms with Crippen LogP contribution in [0.2, 0.25) is 19.6 Å². The van der Waals surface area contributed by atoms with Gasteiger partial charge in [-0.25, -0.2) is 0 Å². The zero-order chi connectivity index (χ0) is 38.8. The van der Waals surface area contributed by atoms with Crippen LogP contribution in [0.4, 0.5) is 0 Å². The molecule has 0 saturated carbocycles. The Morgan fingerprint density at radius 3 is 1.76 bits per heavy atom. The number of hydrogen-bond donors (Lipinski definition) is 0. The van der Waals surface area contributed by atoms with Crippen molar-refractivity contribution < 1.29 is 4.42 Å². The van der Waals surface area contributed by atoms with Gasteiger partial charge >= 0.3 is 0 Å². The predicted molar refractivity (Wildman–Crippen MR) is 249 cm³/mol. The molecule has 1 aliphatic rings. The fourth-order valence-electron chi connectivity index (χ4n) is 10.6. The number of fused-ring (bicyclic) bond motifs is 7. The van der Waals surface area contributed by atoms with Crippen LogP contribution in [0, 0.1) is 0 Å². The van der Waals surface area contributed by atoms with Gasteiger partial charge in [-0.1, -0.05) is 195 Å². The molecule has 0 aliphatic heterocycles. The van der Waals surface area contributed by atoms with Gasteiger partial charge in [0, 0.05) is 16.3 Å². The Morgan fingerprint density at radius 2 is 1.02 bits per heavy atom. The monoisotopic (exact) mass is 756 g/mol. The molecule has 10 aromatic carbocycles. The Balaban J connectivity index is 1.31. The topological polar surface area (TPSA) is 13.1 Å². The maximum Gasteiger partial charge on any atom is 0.144 e. The molecule has 1 aromatic heterocycles. The summed E-state index contributed by atoms with van der Waals surface area (Å²) in [6.45, 7) is 7.40. The van der Waals surface area contributed by atoms with E-state index >= 15 is 0 Å². The van der Waals surface area contributed by atoms with Crippen molar-refractivity contribution in [1.82, 2.24) is 0 Å². The van der Waals surface area contributed by atoms with E-state index in [9.17, 15) is 0 Å². The molecule has 1 nitrogen and oxygen atoms in total. The van der Waals surface area contributed by atoms with Gasteiger partial charge in [0.2, 0.25) is 0 Å². The molecule has 1 heterocycles. The number of furan rings is 1. The second-order valence-electron chi connectivity index (χ2n) is 17.1. The average Bonchev–Trinajstić information content (AvgIpc) is 3.80. The maximum atomic E-state index is 7.18. The van der Waals surface area contributed by atoms with Crippen molar-refractivity contribution in [1.29, 1.82) is 0 Å². The minimum absolute atomic E-state index is 0.575. The van der Waals surface area contributed by atoms with Crippen molar-refractivity contribution in [2.45, 2.75) is 25.1 Å². The zero-order valence-corrected chi connectivity index (χ0v) is 33.8. The average molecular weight is 757 g/mol. The van der Waals surface area contributed by atoms with Crippen molar-refractivity contribution in [2.75, 3.05) is 0 Å². The van der Waals surface area contributed by atoms with Gasteiger partial charge in [-0.3, -0.25) is 0 Å². The standard InChI is InChI=1S/C56H40OSi/c1-58(2,3)50-32-28-36-27-29-40-45(33-44(35-17-7-4-8-18-35)39-30-31-43(50)51(36)52(39)40)46-34-48-54(55-53(46)42-24-14-16-26-49(42)57-55)41-23-13-15-25-47(41)56(48,37-19-9-5-10-20-37)38-21-11-6-12-22-38/h4-34H,1-3H3. The van der Waals surface area contributed by atoms with E-state index in [-0.39, 0.29) is 0 Å². The van der Waals surface area contributed by atoms with Crippen molar-refractivity contribution in [3.63, 3.8) is 0 Å². The summed E-state index contributed by atoms with van der Waals surface area (Å²) in [5.74, 6) is 0. The normalized spacial score (nSPS) is 13.6. The summed E-state index contributed by atoms with van der Waals surface area (Å²) >= 11 is 0. The minimum Gasteiger partial charge on any atom is -0.455 e. The summed E-state index contributed by atoms with van der Waals surface area (Å²) in [6.07, 6.45) is 0. The van der Waals surface area contributed by atoms with Crippen LogP contribution < -0.4 is 5.19 Å². The molecule has 0 amide bonds. The van der Waals surface area contributed by atoms with Crippen LogP contribution in [0.25, 0.3) is 87.6 Å². The molecule has 0 atom stereocenters. The Morgan fingerprint density at radius 1 is 0.414 bits per heavy atom. The number of rotatable bonds is 5. The number of hydrogen-bond acceptors (Lipinski definition) is 1. The SMILES string of the molecule is C[Si](C)(C)c1ccc2ccc3c(-c4cc5c(c6oc7ccccc7c46)-c4ccccc4C5(c4ccccc4)c4ccccc4)cc(-c4ccccc4)c4ccc1c2c43. The van der Waals surface area contributed by atoms with Crippen molar-refractivity contribution in [2.24, 2.45) is 0 Å². The fourth-order valence-corrected chi connectivity index (χ4v) is 12.2. The first-order valence-electron chi connectivity index (χ1n) is 20.4. The smallest absolute Gasteiger partial charge is 0.144 e. The van der Waals surface area contributed by atoms with Gasteiger partial charge in [-0.05, 0) is 101 Å². The van der Waals surface area contributed by atoms with Crippen molar-refractivity contribution in [3.8, 4) is 33.4 Å². The summed E-state index contributed by atoms with van der Waals surface area (Å²) in [4.78, 5) is 0. The molecule has 2 heteroatoms. The summed E-state index contributed by atoms with van der Waals surface area (Å²) in [7, 11) is -1.67. The third kappa shape index (κ3) is 4.47. The summed E-state index contributed by atoms with van der Waals surface area (Å²) < 4.78 is 7.18. The Hall–Kier alpha value is -6.74. The molecule has 0 unspecified atom stereocenters. The molecular formula is C56H40OSi. The third-order valence-electron chi connectivity index (χ3n) is 13.0. The Kier molecular flexibility index (Phi) is 6.99. The van der Waals surface area contributed by atoms with Crippen LogP contribution in [0.3, 0.4) is 0 Å². The summed E-state index contributed by atoms with van der Waals surface area (Å²) in [6, 6.07) is 70.2. The highest BCUT2D eigenvalue weighted by Gasteiger charge is 2.48. The van der Waals surface area contributed by atoms with Crippen molar-refractivity contribution >= 4 is 67.5 Å². The second-order valence-corrected chi connectivity index (χ2v) is 22.2. The predicted octanol–water partition coefficient (Wildman–Crippen LogP) is 14.7. The molecule has 274 valence electrons. The molecule has 0 fully saturated rings. The third-order valence-corrected chi connectivity index (χ3v) is 15.1. The van der Waals surface area contributed by atoms with Gasteiger partial charge in [0.05, 0.1) is 13.5 Å². The molecule has 12 rings (SSSR count). The van der Waals surface area contributed by atoms with Crippen molar-refractivity contribution in [3.05, 3.63) is 210 Å². The molecule has 0 bridgehead atoms. The van der Waals surface area contributed by atoms with E-state index in [1.165, 1.54) is 93.1 Å². The van der Waals surface area contributed by atoms with Gasteiger partial charge in [-0.15, -0.1) is 0 Å². The van der Waals surface area contributed by atoms with E-state index in [4.69, 9.17) is 4.42 Å². The molecule has 0 saturated heterocycles. The fraction of sp³-hybridized carbons (Fsp3) is 0.0714. The van der Waals surface area contributed by atoms with E-state index in [0.717, 1.165) is 21.9 Å². The van der Waals surface area contributed by atoms with E-state index in [1.54, 1.807) is 0 Å². The largest absolute Gasteiger partial charge is 0.455 e. The molecule has 58 heavy (non-hydrogen) atoms. The van der Waals surface area contributed by atoms with Crippen LogP contribution in [-0.2, 0) is 5.41 Å². The zero-order valence-electron chi connectivity index (χ0n) is 32.8. The minimum atomic E-state index is -1.67. The highest BCUT2D eigenvalue weighted by atomic mass is 28.3. The van der Waals surface area contributed by atoms with Crippen LogP contribution in [0.5, 0.6) is 0 Å². The van der Waals surface area contributed by atoms with Gasteiger partial charge in [-0.2, -0.15) is 0 Å². The highest BCUT2D eigenvalue weighted by Crippen LogP contribution is 2.60. The van der Waals surface area contributed by atoms with E-state index in [0.29, 0.717) is 0 Å². The molecule has 0 N–H and O–H groups in total. The van der Waals surface area contributed by atoms with E-state index < -0.39 is 13.5 Å². The molecule has 1 aliphatic carbocycles. The summed E-state index contributed by atoms with van der Waals surface area (Å²) in [5.41, 5.74) is 13.6. The lowest BCUT2D eigenvalue weighted by Gasteiger charge is -2.34.